The summed E-state index contributed by atoms with van der Waals surface area (Å²) >= 11 is 0. The van der Waals surface area contributed by atoms with Crippen LogP contribution in [0, 0.1) is 13.8 Å². The average molecular weight is 406 g/mol. The lowest BCUT2D eigenvalue weighted by Gasteiger charge is -2.13. The van der Waals surface area contributed by atoms with Crippen LogP contribution in [0.5, 0.6) is 5.75 Å². The Kier molecular flexibility index (Phi) is 6.85. The molecule has 0 aliphatic rings. The van der Waals surface area contributed by atoms with E-state index < -0.39 is 0 Å². The Hall–Kier alpha value is -3.61. The van der Waals surface area contributed by atoms with Crippen molar-refractivity contribution in [1.29, 1.82) is 0 Å². The number of aliphatic imine (C=N–C) groups is 1. The zero-order valence-electron chi connectivity index (χ0n) is 17.8. The van der Waals surface area contributed by atoms with E-state index in [0.29, 0.717) is 18.1 Å². The van der Waals surface area contributed by atoms with E-state index in [1.807, 2.05) is 68.0 Å². The first-order chi connectivity index (χ1) is 14.5. The van der Waals surface area contributed by atoms with Crippen molar-refractivity contribution in [3.8, 4) is 5.75 Å². The molecule has 1 heterocycles. The first-order valence-electron chi connectivity index (χ1n) is 9.79. The normalized spacial score (nSPS) is 11.3. The van der Waals surface area contributed by atoms with Gasteiger partial charge in [0.2, 0.25) is 5.96 Å². The van der Waals surface area contributed by atoms with Gasteiger partial charge in [0.15, 0.2) is 0 Å². The molecule has 2 N–H and O–H groups in total. The molecule has 30 heavy (non-hydrogen) atoms. The number of nitrogens with one attached hydrogen (secondary N) is 2. The van der Waals surface area contributed by atoms with Gasteiger partial charge < -0.3 is 10.1 Å². The van der Waals surface area contributed by atoms with E-state index in [-0.39, 0.29) is 5.91 Å². The number of anilines is 1. The number of nitrogens with zero attached hydrogens (tertiary/aromatic N) is 3. The molecule has 7 nitrogen and oxygen atoms in total. The number of methoxy groups -OCH3 is 1. The number of ether oxygens (including phenoxy) is 1. The molecule has 3 rings (SSSR count). The van der Waals surface area contributed by atoms with Crippen LogP contribution in [-0.2, 0) is 13.5 Å². The molecule has 1 aromatic heterocycles. The van der Waals surface area contributed by atoms with Gasteiger partial charge in [0, 0.05) is 36.6 Å². The molecule has 3 aromatic rings. The summed E-state index contributed by atoms with van der Waals surface area (Å²) in [6, 6.07) is 16.5. The second-order valence-electron chi connectivity index (χ2n) is 6.93. The topological polar surface area (TPSA) is 80.5 Å². The third kappa shape index (κ3) is 5.26. The van der Waals surface area contributed by atoms with Crippen LogP contribution in [0.15, 0.2) is 59.6 Å². The van der Waals surface area contributed by atoms with Crippen LogP contribution in [0.2, 0.25) is 0 Å². The maximum Gasteiger partial charge on any atom is 0.257 e. The molecule has 1 amide bonds. The fourth-order valence-electron chi connectivity index (χ4n) is 3.18. The first kappa shape index (κ1) is 21.1. The lowest BCUT2D eigenvalue weighted by molar-refractivity contribution is 0.0977. The van der Waals surface area contributed by atoms with Crippen LogP contribution in [0.3, 0.4) is 0 Å². The zero-order valence-corrected chi connectivity index (χ0v) is 17.8. The summed E-state index contributed by atoms with van der Waals surface area (Å²) in [6.45, 7) is 4.55. The van der Waals surface area contributed by atoms with Crippen molar-refractivity contribution in [3.63, 3.8) is 0 Å². The van der Waals surface area contributed by atoms with Gasteiger partial charge in [0.1, 0.15) is 5.75 Å². The molecule has 0 saturated carbocycles. The van der Waals surface area contributed by atoms with E-state index in [2.05, 4.69) is 20.7 Å². The highest BCUT2D eigenvalue weighted by Crippen LogP contribution is 2.17. The van der Waals surface area contributed by atoms with Crippen molar-refractivity contribution < 1.29 is 9.53 Å². The quantitative estimate of drug-likeness (QED) is 0.486. The number of carbonyl (C=O) groups is 1. The first-order valence-corrected chi connectivity index (χ1v) is 9.79. The molecule has 0 radical (unpaired) electrons. The molecule has 0 aliphatic heterocycles. The summed E-state index contributed by atoms with van der Waals surface area (Å²) in [5.41, 5.74) is 4.64. The standard InChI is InChI=1S/C23H27N5O2/c1-16-21(17(2)28(3)27-16)13-14-24-23(25-19-11-8-12-20(15-19)30-4)26-22(29)18-9-6-5-7-10-18/h5-12,15H,13-14H2,1-4H3,(H2,24,25,26,29). The molecule has 0 saturated heterocycles. The molecule has 0 spiro atoms. The minimum Gasteiger partial charge on any atom is -0.497 e. The molecule has 0 aliphatic carbocycles. The minimum atomic E-state index is -0.224. The monoisotopic (exact) mass is 405 g/mol. The number of hydrogen-bond acceptors (Lipinski definition) is 4. The van der Waals surface area contributed by atoms with Gasteiger partial charge in [-0.3, -0.25) is 19.8 Å². The van der Waals surface area contributed by atoms with Crippen LogP contribution >= 0.6 is 0 Å². The van der Waals surface area contributed by atoms with Crippen LogP contribution in [0.25, 0.3) is 0 Å². The van der Waals surface area contributed by atoms with E-state index in [9.17, 15) is 4.79 Å². The second-order valence-corrected chi connectivity index (χ2v) is 6.93. The Balaban J connectivity index is 1.78. The Morgan fingerprint density at radius 1 is 1.13 bits per heavy atom. The number of rotatable bonds is 6. The summed E-state index contributed by atoms with van der Waals surface area (Å²) in [6.07, 6.45) is 0.732. The molecule has 7 heteroatoms. The largest absolute Gasteiger partial charge is 0.497 e. The van der Waals surface area contributed by atoms with Crippen molar-refractivity contribution in [2.24, 2.45) is 12.0 Å². The molecular weight excluding hydrogens is 378 g/mol. The number of aromatic nitrogens is 2. The summed E-state index contributed by atoms with van der Waals surface area (Å²) in [7, 11) is 3.55. The number of aryl methyl sites for hydroxylation is 2. The summed E-state index contributed by atoms with van der Waals surface area (Å²) in [4.78, 5) is 17.3. The fourth-order valence-corrected chi connectivity index (χ4v) is 3.18. The Labute approximate surface area is 176 Å². The molecule has 0 fully saturated rings. The highest BCUT2D eigenvalue weighted by Gasteiger charge is 2.11. The minimum absolute atomic E-state index is 0.224. The molecular formula is C23H27N5O2. The lowest BCUT2D eigenvalue weighted by Crippen LogP contribution is -2.36. The van der Waals surface area contributed by atoms with Crippen molar-refractivity contribution in [1.82, 2.24) is 15.1 Å². The SMILES string of the molecule is COc1cccc(NC(=NCCc2c(C)nn(C)c2C)NC(=O)c2ccccc2)c1. The zero-order chi connectivity index (χ0) is 21.5. The summed E-state index contributed by atoms with van der Waals surface area (Å²) < 4.78 is 7.15. The number of benzene rings is 2. The van der Waals surface area contributed by atoms with Gasteiger partial charge in [-0.15, -0.1) is 0 Å². The van der Waals surface area contributed by atoms with Gasteiger partial charge in [-0.05, 0) is 50.1 Å². The molecule has 2 aromatic carbocycles. The predicted molar refractivity (Wildman–Crippen MR) is 119 cm³/mol. The number of carbonyl (C=O) groups excluding carboxylic acids is 1. The van der Waals surface area contributed by atoms with Gasteiger partial charge in [-0.1, -0.05) is 24.3 Å². The van der Waals surface area contributed by atoms with Gasteiger partial charge in [0.05, 0.1) is 12.8 Å². The second kappa shape index (κ2) is 9.73. The maximum absolute atomic E-state index is 12.6. The summed E-state index contributed by atoms with van der Waals surface area (Å²) in [5.74, 6) is 0.880. The Bertz CT molecular complexity index is 1040. The van der Waals surface area contributed by atoms with Crippen molar-refractivity contribution in [3.05, 3.63) is 77.1 Å². The Morgan fingerprint density at radius 2 is 1.90 bits per heavy atom. The van der Waals surface area contributed by atoms with Gasteiger partial charge in [-0.2, -0.15) is 5.10 Å². The molecule has 0 atom stereocenters. The smallest absolute Gasteiger partial charge is 0.257 e. The number of amides is 1. The maximum atomic E-state index is 12.6. The fraction of sp³-hybridized carbons (Fsp3) is 0.261. The van der Waals surface area contributed by atoms with E-state index in [1.165, 1.54) is 5.56 Å². The molecule has 0 bridgehead atoms. The van der Waals surface area contributed by atoms with Crippen LogP contribution in [0.4, 0.5) is 5.69 Å². The highest BCUT2D eigenvalue weighted by atomic mass is 16.5. The van der Waals surface area contributed by atoms with Gasteiger partial charge in [0.25, 0.3) is 5.91 Å². The molecule has 156 valence electrons. The van der Waals surface area contributed by atoms with Crippen LogP contribution < -0.4 is 15.4 Å². The number of hydrogen-bond donors (Lipinski definition) is 2. The number of guanidine groups is 1. The Morgan fingerprint density at radius 3 is 2.57 bits per heavy atom. The van der Waals surface area contributed by atoms with Crippen molar-refractivity contribution in [2.75, 3.05) is 19.0 Å². The third-order valence-corrected chi connectivity index (χ3v) is 4.89. The summed E-state index contributed by atoms with van der Waals surface area (Å²) in [5, 5.41) is 10.5. The van der Waals surface area contributed by atoms with E-state index in [4.69, 9.17) is 4.74 Å². The molecule has 0 unspecified atom stereocenters. The highest BCUT2D eigenvalue weighted by molar-refractivity contribution is 6.09. The van der Waals surface area contributed by atoms with Crippen molar-refractivity contribution >= 4 is 17.6 Å². The van der Waals surface area contributed by atoms with E-state index in [1.54, 1.807) is 19.2 Å². The van der Waals surface area contributed by atoms with Crippen LogP contribution in [-0.4, -0.2) is 35.3 Å². The van der Waals surface area contributed by atoms with Crippen LogP contribution in [0.1, 0.15) is 27.3 Å². The van der Waals surface area contributed by atoms with E-state index >= 15 is 0 Å². The van der Waals surface area contributed by atoms with Gasteiger partial charge >= 0.3 is 0 Å². The average Bonchev–Trinajstić information content (AvgIpc) is 3.00. The predicted octanol–water partition coefficient (Wildman–Crippen LogP) is 3.49. The van der Waals surface area contributed by atoms with Crippen molar-refractivity contribution in [2.45, 2.75) is 20.3 Å². The third-order valence-electron chi connectivity index (χ3n) is 4.89. The van der Waals surface area contributed by atoms with Gasteiger partial charge in [-0.25, -0.2) is 0 Å². The van der Waals surface area contributed by atoms with E-state index in [0.717, 1.165) is 29.2 Å². The lowest BCUT2D eigenvalue weighted by atomic mass is 10.1.